The third kappa shape index (κ3) is 3.41. The monoisotopic (exact) mass is 246 g/mol. The van der Waals surface area contributed by atoms with Crippen LogP contribution in [0.2, 0.25) is 0 Å². The lowest BCUT2D eigenvalue weighted by Gasteiger charge is -2.48. The van der Waals surface area contributed by atoms with E-state index < -0.39 is 6.29 Å². The van der Waals surface area contributed by atoms with Crippen molar-refractivity contribution >= 4 is 0 Å². The van der Waals surface area contributed by atoms with Gasteiger partial charge in [-0.15, -0.1) is 0 Å². The molecule has 4 atom stereocenters. The minimum Gasteiger partial charge on any atom is -0.378 e. The van der Waals surface area contributed by atoms with Gasteiger partial charge in [-0.05, 0) is 32.6 Å². The first-order valence-corrected chi connectivity index (χ1v) is 6.20. The molecule has 1 fully saturated rings. The molecular weight excluding hydrogens is 220 g/mol. The van der Waals surface area contributed by atoms with Crippen molar-refractivity contribution in [3.05, 3.63) is 0 Å². The van der Waals surface area contributed by atoms with Gasteiger partial charge < -0.3 is 19.3 Å². The molecule has 0 aromatic rings. The Morgan fingerprint density at radius 1 is 1.24 bits per heavy atom. The van der Waals surface area contributed by atoms with Crippen LogP contribution in [-0.2, 0) is 14.2 Å². The van der Waals surface area contributed by atoms with Crippen LogP contribution in [0, 0.1) is 5.92 Å². The fourth-order valence-electron chi connectivity index (χ4n) is 2.88. The zero-order valence-corrected chi connectivity index (χ0v) is 11.7. The molecule has 0 aliphatic heterocycles. The average Bonchev–Trinajstić information content (AvgIpc) is 2.33. The van der Waals surface area contributed by atoms with Crippen LogP contribution in [-0.4, -0.2) is 43.9 Å². The second-order valence-electron chi connectivity index (χ2n) is 5.51. The van der Waals surface area contributed by atoms with Gasteiger partial charge in [-0.2, -0.15) is 0 Å². The summed E-state index contributed by atoms with van der Waals surface area (Å²) in [6.45, 7) is 4.21. The van der Waals surface area contributed by atoms with Gasteiger partial charge in [0.25, 0.3) is 0 Å². The van der Waals surface area contributed by atoms with Crippen molar-refractivity contribution in [1.82, 2.24) is 0 Å². The summed E-state index contributed by atoms with van der Waals surface area (Å²) in [5, 5.41) is 9.62. The number of ether oxygens (including phenoxy) is 3. The highest BCUT2D eigenvalue weighted by Crippen LogP contribution is 2.44. The van der Waals surface area contributed by atoms with E-state index in [-0.39, 0.29) is 11.2 Å². The highest BCUT2D eigenvalue weighted by molar-refractivity contribution is 4.97. The second-order valence-corrected chi connectivity index (χ2v) is 5.51. The fraction of sp³-hybridized carbons (Fsp3) is 1.00. The van der Waals surface area contributed by atoms with E-state index in [1.165, 1.54) is 7.11 Å². The molecule has 0 aromatic carbocycles. The molecule has 1 aliphatic carbocycles. The Kier molecular flexibility index (Phi) is 4.95. The molecule has 0 aromatic heterocycles. The van der Waals surface area contributed by atoms with Gasteiger partial charge in [0.05, 0.1) is 11.2 Å². The van der Waals surface area contributed by atoms with Crippen molar-refractivity contribution in [2.75, 3.05) is 21.3 Å². The first-order valence-electron chi connectivity index (χ1n) is 6.20. The molecule has 3 unspecified atom stereocenters. The van der Waals surface area contributed by atoms with Gasteiger partial charge in [0, 0.05) is 34.2 Å². The van der Waals surface area contributed by atoms with Crippen LogP contribution >= 0.6 is 0 Å². The summed E-state index contributed by atoms with van der Waals surface area (Å²) in [6, 6.07) is 0. The van der Waals surface area contributed by atoms with E-state index in [1.807, 2.05) is 0 Å². The summed E-state index contributed by atoms with van der Waals surface area (Å²) in [5.74, 6) is 0.297. The van der Waals surface area contributed by atoms with Crippen LogP contribution in [0.4, 0.5) is 0 Å². The van der Waals surface area contributed by atoms with Crippen LogP contribution < -0.4 is 0 Å². The van der Waals surface area contributed by atoms with Crippen molar-refractivity contribution < 1.29 is 19.3 Å². The molecule has 1 saturated carbocycles. The van der Waals surface area contributed by atoms with Gasteiger partial charge in [-0.3, -0.25) is 0 Å². The number of aliphatic hydroxyl groups is 1. The maximum atomic E-state index is 9.62. The Bertz CT molecular complexity index is 246. The molecule has 1 N–H and O–H groups in total. The van der Waals surface area contributed by atoms with Crippen LogP contribution in [0.3, 0.4) is 0 Å². The molecule has 4 heteroatoms. The van der Waals surface area contributed by atoms with Gasteiger partial charge in [0.15, 0.2) is 6.29 Å². The van der Waals surface area contributed by atoms with Gasteiger partial charge in [-0.1, -0.05) is 0 Å². The normalized spacial score (nSPS) is 40.2. The number of hydrogen-bond acceptors (Lipinski definition) is 4. The standard InChI is InChI=1S/C13H26O4/c1-12(16-4)7-6-10(8-11(14)15-3)13(2,9-12)17-5/h10-11,14H,6-9H2,1-5H3/t10-,11?,12?,13?/m0/s1. The minimum atomic E-state index is -0.707. The Balaban J connectivity index is 2.74. The largest absolute Gasteiger partial charge is 0.378 e. The minimum absolute atomic E-state index is 0.126. The molecule has 0 radical (unpaired) electrons. The van der Waals surface area contributed by atoms with E-state index in [2.05, 4.69) is 13.8 Å². The topological polar surface area (TPSA) is 47.9 Å². The lowest BCUT2D eigenvalue weighted by molar-refractivity contribution is -0.171. The maximum Gasteiger partial charge on any atom is 0.154 e. The molecule has 1 aliphatic rings. The van der Waals surface area contributed by atoms with Crippen molar-refractivity contribution in [3.63, 3.8) is 0 Å². The van der Waals surface area contributed by atoms with E-state index in [4.69, 9.17) is 14.2 Å². The Labute approximate surface area is 104 Å². The summed E-state index contributed by atoms with van der Waals surface area (Å²) in [4.78, 5) is 0. The second kappa shape index (κ2) is 5.65. The van der Waals surface area contributed by atoms with E-state index in [9.17, 15) is 5.11 Å². The molecular formula is C13H26O4. The van der Waals surface area contributed by atoms with Crippen LogP contribution in [0.15, 0.2) is 0 Å². The number of rotatable bonds is 5. The Hall–Kier alpha value is -0.160. The molecule has 102 valence electrons. The first-order chi connectivity index (χ1) is 7.89. The van der Waals surface area contributed by atoms with Crippen molar-refractivity contribution in [1.29, 1.82) is 0 Å². The zero-order valence-electron chi connectivity index (χ0n) is 11.7. The smallest absolute Gasteiger partial charge is 0.154 e. The molecule has 4 nitrogen and oxygen atoms in total. The average molecular weight is 246 g/mol. The Morgan fingerprint density at radius 2 is 1.88 bits per heavy atom. The summed E-state index contributed by atoms with van der Waals surface area (Å²) in [7, 11) is 5.00. The van der Waals surface area contributed by atoms with E-state index in [0.717, 1.165) is 19.3 Å². The van der Waals surface area contributed by atoms with Crippen LogP contribution in [0.1, 0.15) is 39.5 Å². The highest BCUT2D eigenvalue weighted by atomic mass is 16.6. The molecule has 0 bridgehead atoms. The van der Waals surface area contributed by atoms with Gasteiger partial charge in [0.1, 0.15) is 0 Å². The quantitative estimate of drug-likeness (QED) is 0.753. The predicted molar refractivity (Wildman–Crippen MR) is 65.8 cm³/mol. The Morgan fingerprint density at radius 3 is 2.35 bits per heavy atom. The van der Waals surface area contributed by atoms with E-state index in [1.54, 1.807) is 14.2 Å². The van der Waals surface area contributed by atoms with Gasteiger partial charge in [0.2, 0.25) is 0 Å². The van der Waals surface area contributed by atoms with Crippen molar-refractivity contribution in [2.45, 2.75) is 57.0 Å². The SMILES string of the molecule is COC(O)C[C@@H]1CCC(C)(OC)CC1(C)OC. The number of methoxy groups -OCH3 is 3. The number of hydrogen-bond donors (Lipinski definition) is 1. The number of aliphatic hydroxyl groups excluding tert-OH is 1. The molecule has 1 rings (SSSR count). The zero-order chi connectivity index (χ0) is 13.1. The third-order valence-electron chi connectivity index (χ3n) is 4.33. The molecule has 0 saturated heterocycles. The predicted octanol–water partition coefficient (Wildman–Crippen LogP) is 1.95. The molecule has 0 heterocycles. The van der Waals surface area contributed by atoms with E-state index >= 15 is 0 Å². The summed E-state index contributed by atoms with van der Waals surface area (Å²) in [6.07, 6.45) is 2.72. The molecule has 17 heavy (non-hydrogen) atoms. The summed E-state index contributed by atoms with van der Waals surface area (Å²) < 4.78 is 16.2. The lowest BCUT2D eigenvalue weighted by Crippen LogP contribution is -2.50. The molecule has 0 amide bonds. The van der Waals surface area contributed by atoms with Gasteiger partial charge in [-0.25, -0.2) is 0 Å². The first kappa shape index (κ1) is 14.9. The lowest BCUT2D eigenvalue weighted by atomic mass is 9.68. The highest BCUT2D eigenvalue weighted by Gasteiger charge is 2.46. The van der Waals surface area contributed by atoms with Crippen molar-refractivity contribution in [3.8, 4) is 0 Å². The van der Waals surface area contributed by atoms with Crippen molar-refractivity contribution in [2.24, 2.45) is 5.92 Å². The maximum absolute atomic E-state index is 9.62. The van der Waals surface area contributed by atoms with E-state index in [0.29, 0.717) is 12.3 Å². The molecule has 0 spiro atoms. The fourth-order valence-corrected chi connectivity index (χ4v) is 2.88. The third-order valence-corrected chi connectivity index (χ3v) is 4.33. The van der Waals surface area contributed by atoms with Crippen LogP contribution in [0.25, 0.3) is 0 Å². The summed E-state index contributed by atoms with van der Waals surface area (Å²) in [5.41, 5.74) is -0.387. The van der Waals surface area contributed by atoms with Crippen LogP contribution in [0.5, 0.6) is 0 Å². The summed E-state index contributed by atoms with van der Waals surface area (Å²) >= 11 is 0. The van der Waals surface area contributed by atoms with Gasteiger partial charge >= 0.3 is 0 Å².